The van der Waals surface area contributed by atoms with Gasteiger partial charge in [-0.15, -0.1) is 0 Å². The first-order valence-electron chi connectivity index (χ1n) is 5.53. The Morgan fingerprint density at radius 3 is 2.78 bits per heavy atom. The van der Waals surface area contributed by atoms with E-state index in [-0.39, 0.29) is 4.87 Å². The molecule has 0 aliphatic carbocycles. The zero-order chi connectivity index (χ0) is 12.5. The smallest absolute Gasteiger partial charge is 0.305 e. The third-order valence-electron chi connectivity index (χ3n) is 2.82. The monoisotopic (exact) mass is 257 g/mol. The number of nitrogens with one attached hydrogen (secondary N) is 1. The maximum Gasteiger partial charge on any atom is 0.305 e. The van der Waals surface area contributed by atoms with Gasteiger partial charge in [-0.3, -0.25) is 4.79 Å². The molecule has 90 valence electrons. The molecule has 3 aromatic rings. The Kier molecular flexibility index (Phi) is 2.64. The number of hydrogen-bond donors (Lipinski definition) is 1. The molecule has 0 saturated carbocycles. The molecule has 0 aliphatic rings. The lowest BCUT2D eigenvalue weighted by Gasteiger charge is -2.04. The van der Waals surface area contributed by atoms with E-state index >= 15 is 0 Å². The molecule has 0 spiro atoms. The van der Waals surface area contributed by atoms with Crippen LogP contribution in [-0.2, 0) is 0 Å². The van der Waals surface area contributed by atoms with E-state index in [0.29, 0.717) is 0 Å². The first-order valence-corrected chi connectivity index (χ1v) is 6.35. The van der Waals surface area contributed by atoms with Crippen molar-refractivity contribution < 1.29 is 4.74 Å². The molecular weight excluding hydrogens is 246 g/mol. The van der Waals surface area contributed by atoms with Crippen molar-refractivity contribution in [3.63, 3.8) is 0 Å². The minimum absolute atomic E-state index is 0.0206. The maximum absolute atomic E-state index is 11.3. The molecule has 0 bridgehead atoms. The van der Waals surface area contributed by atoms with Gasteiger partial charge >= 0.3 is 4.87 Å². The zero-order valence-electron chi connectivity index (χ0n) is 9.77. The number of aromatic nitrogens is 1. The highest BCUT2D eigenvalue weighted by atomic mass is 32.1. The van der Waals surface area contributed by atoms with Gasteiger partial charge < -0.3 is 9.72 Å². The molecular formula is C14H11NO2S. The Bertz CT molecular complexity index is 758. The number of H-pyrrole nitrogens is 1. The Labute approximate surface area is 108 Å². The van der Waals surface area contributed by atoms with Gasteiger partial charge in [-0.1, -0.05) is 29.5 Å². The molecule has 18 heavy (non-hydrogen) atoms. The summed E-state index contributed by atoms with van der Waals surface area (Å²) in [5.74, 6) is 0.825. The molecule has 4 heteroatoms. The summed E-state index contributed by atoms with van der Waals surface area (Å²) in [6, 6.07) is 13.8. The largest absolute Gasteiger partial charge is 0.497 e. The average Bonchev–Trinajstić information content (AvgIpc) is 2.77. The van der Waals surface area contributed by atoms with E-state index in [2.05, 4.69) is 4.98 Å². The van der Waals surface area contributed by atoms with Gasteiger partial charge in [-0.2, -0.15) is 0 Å². The second-order valence-electron chi connectivity index (χ2n) is 3.96. The van der Waals surface area contributed by atoms with Crippen molar-refractivity contribution in [2.24, 2.45) is 0 Å². The van der Waals surface area contributed by atoms with Crippen LogP contribution in [0.15, 0.2) is 47.3 Å². The molecule has 1 heterocycles. The highest BCUT2D eigenvalue weighted by Crippen LogP contribution is 2.26. The fourth-order valence-corrected chi connectivity index (χ4v) is 2.65. The van der Waals surface area contributed by atoms with Crippen molar-refractivity contribution >= 4 is 21.6 Å². The molecule has 0 fully saturated rings. The highest BCUT2D eigenvalue weighted by Gasteiger charge is 2.03. The van der Waals surface area contributed by atoms with Crippen LogP contribution in [0.2, 0.25) is 0 Å². The van der Waals surface area contributed by atoms with Crippen molar-refractivity contribution in [2.75, 3.05) is 7.11 Å². The Morgan fingerprint density at radius 2 is 1.94 bits per heavy atom. The fraction of sp³-hybridized carbons (Fsp3) is 0.0714. The van der Waals surface area contributed by atoms with E-state index in [0.717, 1.165) is 27.1 Å². The number of thiazole rings is 1. The summed E-state index contributed by atoms with van der Waals surface area (Å²) in [5.41, 5.74) is 3.02. The third kappa shape index (κ3) is 1.91. The number of hydrogen-bond acceptors (Lipinski definition) is 3. The van der Waals surface area contributed by atoms with E-state index < -0.39 is 0 Å². The molecule has 3 nitrogen and oxygen atoms in total. The summed E-state index contributed by atoms with van der Waals surface area (Å²) in [6.07, 6.45) is 0. The predicted octanol–water partition coefficient (Wildman–Crippen LogP) is 3.27. The van der Waals surface area contributed by atoms with Gasteiger partial charge in [-0.25, -0.2) is 0 Å². The van der Waals surface area contributed by atoms with Gasteiger partial charge in [0, 0.05) is 0 Å². The second-order valence-corrected chi connectivity index (χ2v) is 4.97. The molecule has 1 aromatic heterocycles. The maximum atomic E-state index is 11.3. The Morgan fingerprint density at radius 1 is 1.11 bits per heavy atom. The first kappa shape index (κ1) is 11.0. The number of fused-ring (bicyclic) bond motifs is 1. The van der Waals surface area contributed by atoms with Crippen molar-refractivity contribution in [1.82, 2.24) is 4.98 Å². The average molecular weight is 257 g/mol. The summed E-state index contributed by atoms with van der Waals surface area (Å²) in [4.78, 5) is 14.1. The van der Waals surface area contributed by atoms with E-state index in [1.807, 2.05) is 42.5 Å². The molecule has 0 radical (unpaired) electrons. The van der Waals surface area contributed by atoms with Crippen molar-refractivity contribution in [2.45, 2.75) is 0 Å². The number of aromatic amines is 1. The normalized spacial score (nSPS) is 10.7. The third-order valence-corrected chi connectivity index (χ3v) is 3.69. The fourth-order valence-electron chi connectivity index (χ4n) is 1.93. The standard InChI is InChI=1S/C14H11NO2S/c1-17-11-4-2-3-9(7-11)10-5-6-13-12(8-10)15-14(16)18-13/h2-8H,1H3,(H,15,16). The van der Waals surface area contributed by atoms with E-state index in [9.17, 15) is 4.79 Å². The molecule has 1 N–H and O–H groups in total. The molecule has 0 aliphatic heterocycles. The summed E-state index contributed by atoms with van der Waals surface area (Å²) >= 11 is 1.23. The molecule has 0 saturated heterocycles. The van der Waals surface area contributed by atoms with Crippen LogP contribution < -0.4 is 9.61 Å². The predicted molar refractivity (Wildman–Crippen MR) is 74.4 cm³/mol. The number of methoxy groups -OCH3 is 1. The summed E-state index contributed by atoms with van der Waals surface area (Å²) in [6.45, 7) is 0. The van der Waals surface area contributed by atoms with Crippen LogP contribution in [0.3, 0.4) is 0 Å². The van der Waals surface area contributed by atoms with Crippen molar-refractivity contribution in [1.29, 1.82) is 0 Å². The Balaban J connectivity index is 2.15. The molecule has 0 amide bonds. The quantitative estimate of drug-likeness (QED) is 0.765. The van der Waals surface area contributed by atoms with Crippen molar-refractivity contribution in [3.05, 3.63) is 52.1 Å². The summed E-state index contributed by atoms with van der Waals surface area (Å²) in [7, 11) is 1.65. The van der Waals surface area contributed by atoms with Gasteiger partial charge in [-0.05, 0) is 35.4 Å². The highest BCUT2D eigenvalue weighted by molar-refractivity contribution is 7.16. The van der Waals surface area contributed by atoms with Crippen LogP contribution in [0.25, 0.3) is 21.3 Å². The van der Waals surface area contributed by atoms with Gasteiger partial charge in [0.25, 0.3) is 0 Å². The zero-order valence-corrected chi connectivity index (χ0v) is 10.6. The van der Waals surface area contributed by atoms with E-state index in [1.54, 1.807) is 7.11 Å². The molecule has 0 atom stereocenters. The lowest BCUT2D eigenvalue weighted by molar-refractivity contribution is 0.415. The van der Waals surface area contributed by atoms with Crippen LogP contribution in [0.1, 0.15) is 0 Å². The van der Waals surface area contributed by atoms with Crippen LogP contribution in [-0.4, -0.2) is 12.1 Å². The van der Waals surface area contributed by atoms with Gasteiger partial charge in [0.15, 0.2) is 0 Å². The lowest BCUT2D eigenvalue weighted by Crippen LogP contribution is -1.89. The number of ether oxygens (including phenoxy) is 1. The Hall–Kier alpha value is -2.07. The van der Waals surface area contributed by atoms with Crippen molar-refractivity contribution in [3.8, 4) is 16.9 Å². The minimum Gasteiger partial charge on any atom is -0.497 e. The van der Waals surface area contributed by atoms with Crippen LogP contribution in [0, 0.1) is 0 Å². The first-order chi connectivity index (χ1) is 8.76. The van der Waals surface area contributed by atoms with Gasteiger partial charge in [0.05, 0.1) is 17.3 Å². The molecule has 2 aromatic carbocycles. The van der Waals surface area contributed by atoms with Crippen LogP contribution >= 0.6 is 11.3 Å². The number of benzene rings is 2. The number of rotatable bonds is 2. The topological polar surface area (TPSA) is 42.1 Å². The summed E-state index contributed by atoms with van der Waals surface area (Å²) < 4.78 is 6.19. The van der Waals surface area contributed by atoms with E-state index in [1.165, 1.54) is 11.3 Å². The van der Waals surface area contributed by atoms with Crippen LogP contribution in [0.4, 0.5) is 0 Å². The molecule has 3 rings (SSSR count). The SMILES string of the molecule is COc1cccc(-c2ccc3sc(=O)[nH]c3c2)c1. The van der Waals surface area contributed by atoms with Gasteiger partial charge in [0.2, 0.25) is 0 Å². The second kappa shape index (κ2) is 4.31. The van der Waals surface area contributed by atoms with Crippen LogP contribution in [0.5, 0.6) is 5.75 Å². The van der Waals surface area contributed by atoms with E-state index in [4.69, 9.17) is 4.74 Å². The van der Waals surface area contributed by atoms with Gasteiger partial charge in [0.1, 0.15) is 5.75 Å². The lowest BCUT2D eigenvalue weighted by atomic mass is 10.1. The minimum atomic E-state index is -0.0206. The molecule has 0 unspecified atom stereocenters. The summed E-state index contributed by atoms with van der Waals surface area (Å²) in [5, 5.41) is 0.